The fraction of sp³-hybridized carbons (Fsp3) is 0.333. The summed E-state index contributed by atoms with van der Waals surface area (Å²) < 4.78 is 6.40. The van der Waals surface area contributed by atoms with Crippen molar-refractivity contribution >= 4 is 21.6 Å². The number of hydrogen-bond donors (Lipinski definition) is 1. The fourth-order valence-corrected chi connectivity index (χ4v) is 2.45. The Morgan fingerprint density at radius 2 is 1.82 bits per heavy atom. The number of anilines is 1. The Hall–Kier alpha value is -1.36. The minimum absolute atomic E-state index is 0.546. The fourth-order valence-electron chi connectivity index (χ4n) is 1.76. The predicted molar refractivity (Wildman–Crippen MR) is 70.0 cm³/mol. The van der Waals surface area contributed by atoms with Crippen molar-refractivity contribution in [2.75, 3.05) is 5.32 Å². The first-order valence-electron chi connectivity index (χ1n) is 5.36. The van der Waals surface area contributed by atoms with E-state index in [1.807, 2.05) is 0 Å². The molecule has 0 aliphatic carbocycles. The molecule has 90 valence electrons. The molecule has 0 fully saturated rings. The van der Waals surface area contributed by atoms with Crippen molar-refractivity contribution in [2.45, 2.75) is 27.3 Å². The van der Waals surface area contributed by atoms with Crippen LogP contribution in [0.5, 0.6) is 0 Å². The van der Waals surface area contributed by atoms with Gasteiger partial charge in [0.05, 0.1) is 6.54 Å². The molecule has 2 rings (SSSR count). The van der Waals surface area contributed by atoms with Crippen LogP contribution < -0.4 is 5.32 Å². The van der Waals surface area contributed by atoms with E-state index < -0.39 is 0 Å². The third-order valence-corrected chi connectivity index (χ3v) is 2.94. The summed E-state index contributed by atoms with van der Waals surface area (Å²) in [5.41, 5.74) is 3.49. The SMILES string of the molecule is Cc1nnc(CNc2c(C)cc(Br)cc2C)o1. The van der Waals surface area contributed by atoms with Gasteiger partial charge < -0.3 is 9.73 Å². The van der Waals surface area contributed by atoms with Crippen LogP contribution in [0.3, 0.4) is 0 Å². The van der Waals surface area contributed by atoms with Gasteiger partial charge in [-0.3, -0.25) is 0 Å². The summed E-state index contributed by atoms with van der Waals surface area (Å²) in [7, 11) is 0. The van der Waals surface area contributed by atoms with Crippen molar-refractivity contribution in [3.8, 4) is 0 Å². The first kappa shape index (κ1) is 12.1. The average Bonchev–Trinajstić information content (AvgIpc) is 2.62. The van der Waals surface area contributed by atoms with Crippen LogP contribution in [0.4, 0.5) is 5.69 Å². The molecule has 0 saturated heterocycles. The van der Waals surface area contributed by atoms with Gasteiger partial charge in [0.25, 0.3) is 0 Å². The molecule has 0 spiro atoms. The lowest BCUT2D eigenvalue weighted by Crippen LogP contribution is -2.03. The Morgan fingerprint density at radius 3 is 2.35 bits per heavy atom. The van der Waals surface area contributed by atoms with Gasteiger partial charge in [-0.15, -0.1) is 10.2 Å². The van der Waals surface area contributed by atoms with Gasteiger partial charge in [-0.05, 0) is 37.1 Å². The Bertz CT molecular complexity index is 513. The van der Waals surface area contributed by atoms with Crippen molar-refractivity contribution in [3.05, 3.63) is 39.5 Å². The van der Waals surface area contributed by atoms with Crippen LogP contribution in [0.15, 0.2) is 21.0 Å². The van der Waals surface area contributed by atoms with E-state index in [1.54, 1.807) is 6.92 Å². The van der Waals surface area contributed by atoms with Crippen LogP contribution in [0, 0.1) is 20.8 Å². The largest absolute Gasteiger partial charge is 0.424 e. The minimum atomic E-state index is 0.546. The molecule has 1 aromatic heterocycles. The highest BCUT2D eigenvalue weighted by Crippen LogP contribution is 2.25. The maximum Gasteiger partial charge on any atom is 0.235 e. The molecule has 1 heterocycles. The standard InChI is InChI=1S/C12H14BrN3O/c1-7-4-10(13)5-8(2)12(7)14-6-11-16-15-9(3)17-11/h4-5,14H,6H2,1-3H3. The van der Waals surface area contributed by atoms with Gasteiger partial charge in [-0.1, -0.05) is 15.9 Å². The van der Waals surface area contributed by atoms with Crippen molar-refractivity contribution in [1.82, 2.24) is 10.2 Å². The molecule has 0 amide bonds. The lowest BCUT2D eigenvalue weighted by atomic mass is 10.1. The zero-order valence-electron chi connectivity index (χ0n) is 10.0. The number of aromatic nitrogens is 2. The van der Waals surface area contributed by atoms with E-state index >= 15 is 0 Å². The summed E-state index contributed by atoms with van der Waals surface area (Å²) >= 11 is 3.48. The molecule has 0 bridgehead atoms. The van der Waals surface area contributed by atoms with Gasteiger partial charge >= 0.3 is 0 Å². The summed E-state index contributed by atoms with van der Waals surface area (Å²) in [5, 5.41) is 11.1. The summed E-state index contributed by atoms with van der Waals surface area (Å²) in [6.45, 7) is 6.47. The number of rotatable bonds is 3. The monoisotopic (exact) mass is 295 g/mol. The average molecular weight is 296 g/mol. The molecular weight excluding hydrogens is 282 g/mol. The van der Waals surface area contributed by atoms with Gasteiger partial charge in [0, 0.05) is 17.1 Å². The van der Waals surface area contributed by atoms with Crippen LogP contribution >= 0.6 is 15.9 Å². The molecule has 0 unspecified atom stereocenters. The van der Waals surface area contributed by atoms with Crippen molar-refractivity contribution < 1.29 is 4.42 Å². The maximum absolute atomic E-state index is 5.31. The number of nitrogens with one attached hydrogen (secondary N) is 1. The molecule has 0 radical (unpaired) electrons. The maximum atomic E-state index is 5.31. The van der Waals surface area contributed by atoms with Gasteiger partial charge in [0.2, 0.25) is 11.8 Å². The Morgan fingerprint density at radius 1 is 1.18 bits per heavy atom. The zero-order valence-corrected chi connectivity index (χ0v) is 11.6. The van der Waals surface area contributed by atoms with E-state index in [4.69, 9.17) is 4.42 Å². The third-order valence-electron chi connectivity index (χ3n) is 2.48. The molecule has 0 atom stereocenters. The molecule has 1 N–H and O–H groups in total. The Balaban J connectivity index is 2.14. The highest BCUT2D eigenvalue weighted by atomic mass is 79.9. The second kappa shape index (κ2) is 4.87. The minimum Gasteiger partial charge on any atom is -0.424 e. The molecule has 0 aliphatic heterocycles. The van der Waals surface area contributed by atoms with E-state index in [2.05, 4.69) is 57.4 Å². The van der Waals surface area contributed by atoms with Gasteiger partial charge in [0.15, 0.2) is 0 Å². The smallest absolute Gasteiger partial charge is 0.235 e. The highest BCUT2D eigenvalue weighted by molar-refractivity contribution is 9.10. The summed E-state index contributed by atoms with van der Waals surface area (Å²) in [6.07, 6.45) is 0. The molecule has 0 aliphatic rings. The topological polar surface area (TPSA) is 51.0 Å². The zero-order chi connectivity index (χ0) is 12.4. The lowest BCUT2D eigenvalue weighted by Gasteiger charge is -2.11. The Labute approximate surface area is 109 Å². The van der Waals surface area contributed by atoms with E-state index in [0.717, 1.165) is 10.2 Å². The Kier molecular flexibility index (Phi) is 3.47. The number of benzene rings is 1. The van der Waals surface area contributed by atoms with E-state index in [0.29, 0.717) is 18.3 Å². The molecule has 17 heavy (non-hydrogen) atoms. The molecule has 4 nitrogen and oxygen atoms in total. The summed E-state index contributed by atoms with van der Waals surface area (Å²) in [4.78, 5) is 0. The van der Waals surface area contributed by atoms with Gasteiger partial charge in [-0.2, -0.15) is 0 Å². The molecule has 2 aromatic rings. The van der Waals surface area contributed by atoms with Crippen LogP contribution in [-0.4, -0.2) is 10.2 Å². The summed E-state index contributed by atoms with van der Waals surface area (Å²) in [6, 6.07) is 4.16. The van der Waals surface area contributed by atoms with E-state index in [1.165, 1.54) is 11.1 Å². The number of nitrogens with zero attached hydrogens (tertiary/aromatic N) is 2. The normalized spacial score (nSPS) is 10.6. The van der Waals surface area contributed by atoms with Gasteiger partial charge in [-0.25, -0.2) is 0 Å². The van der Waals surface area contributed by atoms with Gasteiger partial charge in [0.1, 0.15) is 0 Å². The number of hydrogen-bond acceptors (Lipinski definition) is 4. The number of halogens is 1. The molecular formula is C12H14BrN3O. The van der Waals surface area contributed by atoms with Crippen molar-refractivity contribution in [1.29, 1.82) is 0 Å². The second-order valence-electron chi connectivity index (χ2n) is 3.98. The first-order valence-corrected chi connectivity index (χ1v) is 6.15. The van der Waals surface area contributed by atoms with Crippen LogP contribution in [-0.2, 0) is 6.54 Å². The van der Waals surface area contributed by atoms with E-state index in [-0.39, 0.29) is 0 Å². The third kappa shape index (κ3) is 2.85. The number of aryl methyl sites for hydroxylation is 3. The van der Waals surface area contributed by atoms with E-state index in [9.17, 15) is 0 Å². The van der Waals surface area contributed by atoms with Crippen LogP contribution in [0.1, 0.15) is 22.9 Å². The lowest BCUT2D eigenvalue weighted by molar-refractivity contribution is 0.474. The first-order chi connectivity index (χ1) is 8.06. The van der Waals surface area contributed by atoms with Crippen LogP contribution in [0.2, 0.25) is 0 Å². The summed E-state index contributed by atoms with van der Waals surface area (Å²) in [5.74, 6) is 1.19. The van der Waals surface area contributed by atoms with Crippen LogP contribution in [0.25, 0.3) is 0 Å². The molecule has 5 heteroatoms. The quantitative estimate of drug-likeness (QED) is 0.943. The van der Waals surface area contributed by atoms with Crippen molar-refractivity contribution in [3.63, 3.8) is 0 Å². The highest BCUT2D eigenvalue weighted by Gasteiger charge is 2.06. The molecule has 1 aromatic carbocycles. The molecule has 0 saturated carbocycles. The van der Waals surface area contributed by atoms with Crippen molar-refractivity contribution in [2.24, 2.45) is 0 Å². The predicted octanol–water partition coefficient (Wildman–Crippen LogP) is 3.37. The second-order valence-corrected chi connectivity index (χ2v) is 4.90.